The Balaban J connectivity index is 1.72. The summed E-state index contributed by atoms with van der Waals surface area (Å²) in [4.78, 5) is 10.5. The van der Waals surface area contributed by atoms with Crippen molar-refractivity contribution in [2.24, 2.45) is 0 Å². The second-order valence-electron chi connectivity index (χ2n) is 4.38. The highest BCUT2D eigenvalue weighted by molar-refractivity contribution is 5.67. The highest BCUT2D eigenvalue weighted by Gasteiger charge is 2.70. The Kier molecular flexibility index (Phi) is 1.15. The standard InChI is InChI=1S/C8H10N4O2/c13-6(14)10-8-2-7(3-8,4-8)5-1-9-12-11-5/h1,10H,2-4H2,(H,13,14)(H,9,11,12). The molecular formula is C8H10N4O2. The molecule has 74 valence electrons. The molecule has 3 saturated carbocycles. The Morgan fingerprint density at radius 3 is 2.79 bits per heavy atom. The van der Waals surface area contributed by atoms with Crippen LogP contribution in [-0.4, -0.2) is 32.1 Å². The number of hydrogen-bond donors (Lipinski definition) is 3. The number of carboxylic acid groups (broad SMARTS) is 1. The van der Waals surface area contributed by atoms with Crippen LogP contribution in [0.15, 0.2) is 6.20 Å². The van der Waals surface area contributed by atoms with E-state index in [0.29, 0.717) is 0 Å². The molecule has 0 atom stereocenters. The number of hydrogen-bond acceptors (Lipinski definition) is 3. The first-order valence-electron chi connectivity index (χ1n) is 4.52. The summed E-state index contributed by atoms with van der Waals surface area (Å²) in [5, 5.41) is 21.5. The number of aromatic amines is 1. The van der Waals surface area contributed by atoms with Gasteiger partial charge in [0, 0.05) is 17.2 Å². The molecule has 0 saturated heterocycles. The third kappa shape index (κ3) is 0.779. The van der Waals surface area contributed by atoms with Crippen LogP contribution < -0.4 is 5.32 Å². The molecule has 4 rings (SSSR count). The van der Waals surface area contributed by atoms with Crippen molar-refractivity contribution in [3.8, 4) is 0 Å². The Bertz CT molecular complexity index is 366. The number of amides is 1. The number of aromatic nitrogens is 3. The summed E-state index contributed by atoms with van der Waals surface area (Å²) >= 11 is 0. The first kappa shape index (κ1) is 7.78. The van der Waals surface area contributed by atoms with Crippen molar-refractivity contribution in [3.05, 3.63) is 11.9 Å². The molecule has 0 aromatic carbocycles. The Morgan fingerprint density at radius 2 is 2.29 bits per heavy atom. The maximum absolute atomic E-state index is 10.5. The molecule has 0 unspecified atom stereocenters. The zero-order valence-electron chi connectivity index (χ0n) is 7.45. The lowest BCUT2D eigenvalue weighted by Crippen LogP contribution is -2.76. The van der Waals surface area contributed by atoms with Gasteiger partial charge < -0.3 is 10.4 Å². The van der Waals surface area contributed by atoms with Crippen molar-refractivity contribution in [1.82, 2.24) is 20.7 Å². The van der Waals surface area contributed by atoms with E-state index in [1.54, 1.807) is 6.20 Å². The quantitative estimate of drug-likeness (QED) is 0.629. The molecule has 6 heteroatoms. The Morgan fingerprint density at radius 1 is 1.57 bits per heavy atom. The van der Waals surface area contributed by atoms with Crippen molar-refractivity contribution >= 4 is 6.09 Å². The van der Waals surface area contributed by atoms with Crippen molar-refractivity contribution in [2.75, 3.05) is 0 Å². The van der Waals surface area contributed by atoms with E-state index >= 15 is 0 Å². The highest BCUT2D eigenvalue weighted by Crippen LogP contribution is 2.67. The SMILES string of the molecule is O=C(O)NC12CC(c3c[nH]nn3)(C1)C2. The number of nitrogens with one attached hydrogen (secondary N) is 2. The van der Waals surface area contributed by atoms with Gasteiger partial charge in [-0.3, -0.25) is 5.10 Å². The minimum Gasteiger partial charge on any atom is -0.465 e. The van der Waals surface area contributed by atoms with Gasteiger partial charge in [0.2, 0.25) is 0 Å². The molecule has 1 aromatic heterocycles. The van der Waals surface area contributed by atoms with E-state index < -0.39 is 6.09 Å². The van der Waals surface area contributed by atoms with Gasteiger partial charge in [-0.1, -0.05) is 5.21 Å². The van der Waals surface area contributed by atoms with Gasteiger partial charge in [0.25, 0.3) is 0 Å². The van der Waals surface area contributed by atoms with Crippen LogP contribution in [0.4, 0.5) is 4.79 Å². The molecule has 1 amide bonds. The molecular weight excluding hydrogens is 184 g/mol. The maximum atomic E-state index is 10.5. The number of carbonyl (C=O) groups is 1. The lowest BCUT2D eigenvalue weighted by molar-refractivity contribution is -0.0849. The topological polar surface area (TPSA) is 90.9 Å². The maximum Gasteiger partial charge on any atom is 0.405 e. The van der Waals surface area contributed by atoms with Gasteiger partial charge in [-0.05, 0) is 19.3 Å². The Hall–Kier alpha value is -1.59. The predicted molar refractivity (Wildman–Crippen MR) is 45.8 cm³/mol. The van der Waals surface area contributed by atoms with Crippen LogP contribution in [-0.2, 0) is 5.41 Å². The fraction of sp³-hybridized carbons (Fsp3) is 0.625. The van der Waals surface area contributed by atoms with E-state index in [0.717, 1.165) is 25.0 Å². The molecule has 0 spiro atoms. The van der Waals surface area contributed by atoms with Gasteiger partial charge in [-0.2, -0.15) is 0 Å². The van der Waals surface area contributed by atoms with Crippen molar-refractivity contribution in [2.45, 2.75) is 30.2 Å². The fourth-order valence-corrected chi connectivity index (χ4v) is 2.88. The normalized spacial score (nSPS) is 38.3. The number of rotatable bonds is 2. The van der Waals surface area contributed by atoms with Crippen LogP contribution in [0.1, 0.15) is 25.0 Å². The van der Waals surface area contributed by atoms with E-state index in [2.05, 4.69) is 20.7 Å². The van der Waals surface area contributed by atoms with Gasteiger partial charge in [0.1, 0.15) is 0 Å². The average Bonchev–Trinajstić information content (AvgIpc) is 2.44. The largest absolute Gasteiger partial charge is 0.465 e. The first-order chi connectivity index (χ1) is 6.64. The predicted octanol–water partition coefficient (Wildman–Crippen LogP) is 0.246. The average molecular weight is 194 g/mol. The molecule has 3 N–H and O–H groups in total. The molecule has 1 heterocycles. The monoisotopic (exact) mass is 194 g/mol. The Labute approximate surface area is 79.7 Å². The van der Waals surface area contributed by atoms with Gasteiger partial charge in [0.15, 0.2) is 0 Å². The zero-order valence-corrected chi connectivity index (χ0v) is 7.45. The van der Waals surface area contributed by atoms with Crippen molar-refractivity contribution in [3.63, 3.8) is 0 Å². The lowest BCUT2D eigenvalue weighted by Gasteiger charge is -2.69. The molecule has 3 aliphatic carbocycles. The molecule has 2 bridgehead atoms. The van der Waals surface area contributed by atoms with Gasteiger partial charge >= 0.3 is 6.09 Å². The minimum absolute atomic E-state index is 0.107. The van der Waals surface area contributed by atoms with E-state index in [9.17, 15) is 4.79 Å². The number of nitrogens with zero attached hydrogens (tertiary/aromatic N) is 2. The minimum atomic E-state index is -0.932. The highest BCUT2D eigenvalue weighted by atomic mass is 16.4. The summed E-state index contributed by atoms with van der Waals surface area (Å²) in [5.41, 5.74) is 0.909. The zero-order chi connectivity index (χ0) is 9.81. The third-order valence-corrected chi connectivity index (χ3v) is 3.36. The molecule has 1 aromatic rings. The third-order valence-electron chi connectivity index (χ3n) is 3.36. The van der Waals surface area contributed by atoms with Crippen LogP contribution >= 0.6 is 0 Å². The van der Waals surface area contributed by atoms with E-state index in [1.165, 1.54) is 0 Å². The van der Waals surface area contributed by atoms with E-state index in [-0.39, 0.29) is 11.0 Å². The number of H-pyrrole nitrogens is 1. The van der Waals surface area contributed by atoms with Crippen molar-refractivity contribution < 1.29 is 9.90 Å². The summed E-state index contributed by atoms with van der Waals surface area (Å²) in [7, 11) is 0. The van der Waals surface area contributed by atoms with E-state index in [4.69, 9.17) is 5.11 Å². The fourth-order valence-electron chi connectivity index (χ4n) is 2.88. The first-order valence-corrected chi connectivity index (χ1v) is 4.52. The van der Waals surface area contributed by atoms with Crippen LogP contribution in [0.25, 0.3) is 0 Å². The van der Waals surface area contributed by atoms with Gasteiger partial charge in [-0.25, -0.2) is 4.79 Å². The second kappa shape index (κ2) is 2.08. The lowest BCUT2D eigenvalue weighted by atomic mass is 9.38. The summed E-state index contributed by atoms with van der Waals surface area (Å²) in [6.07, 6.45) is 3.44. The molecule has 14 heavy (non-hydrogen) atoms. The summed E-state index contributed by atoms with van der Waals surface area (Å²) in [6, 6.07) is 0. The van der Waals surface area contributed by atoms with Crippen LogP contribution in [0, 0.1) is 0 Å². The van der Waals surface area contributed by atoms with Crippen LogP contribution in [0.5, 0.6) is 0 Å². The molecule has 0 aliphatic heterocycles. The molecule has 3 aliphatic rings. The molecule has 6 nitrogen and oxygen atoms in total. The van der Waals surface area contributed by atoms with E-state index in [1.807, 2.05) is 0 Å². The summed E-state index contributed by atoms with van der Waals surface area (Å²) in [5.74, 6) is 0. The van der Waals surface area contributed by atoms with Gasteiger partial charge in [0.05, 0.1) is 5.69 Å². The smallest absolute Gasteiger partial charge is 0.405 e. The van der Waals surface area contributed by atoms with Crippen LogP contribution in [0.2, 0.25) is 0 Å². The second-order valence-corrected chi connectivity index (χ2v) is 4.38. The molecule has 3 fully saturated rings. The van der Waals surface area contributed by atoms with Crippen LogP contribution in [0.3, 0.4) is 0 Å². The summed E-state index contributed by atoms with van der Waals surface area (Å²) in [6.45, 7) is 0. The van der Waals surface area contributed by atoms with Gasteiger partial charge in [-0.15, -0.1) is 5.10 Å². The summed E-state index contributed by atoms with van der Waals surface area (Å²) < 4.78 is 0. The van der Waals surface area contributed by atoms with Crippen molar-refractivity contribution in [1.29, 1.82) is 0 Å². The molecule has 0 radical (unpaired) electrons.